The highest BCUT2D eigenvalue weighted by molar-refractivity contribution is 7.20. The average Bonchev–Trinajstić information content (AvgIpc) is 3.59. The molecular formula is C45H31N3OSi. The number of nitrogens with zero attached hydrogens (tertiary/aromatic N) is 3. The van der Waals surface area contributed by atoms with Crippen LogP contribution in [0.1, 0.15) is 0 Å². The lowest BCUT2D eigenvalue weighted by atomic mass is 10.1. The van der Waals surface area contributed by atoms with Crippen molar-refractivity contribution in [3.05, 3.63) is 188 Å². The Morgan fingerprint density at radius 2 is 0.760 bits per heavy atom. The maximum atomic E-state index is 6.77. The molecule has 0 fully saturated rings. The minimum absolute atomic E-state index is 0.635. The molecule has 0 radical (unpaired) electrons. The molecule has 0 aliphatic heterocycles. The quantitative estimate of drug-likeness (QED) is 0.128. The molecule has 0 aliphatic rings. The van der Waals surface area contributed by atoms with Crippen LogP contribution in [0.5, 0.6) is 0 Å². The molecule has 2 heterocycles. The number of hydrogen-bond donors (Lipinski definition) is 0. The Bertz CT molecular complexity index is 2470. The van der Waals surface area contributed by atoms with Gasteiger partial charge in [0.25, 0.3) is 0 Å². The monoisotopic (exact) mass is 657 g/mol. The zero-order valence-corrected chi connectivity index (χ0v) is 28.1. The van der Waals surface area contributed by atoms with Gasteiger partial charge >= 0.3 is 0 Å². The number of hydrogen-bond acceptors (Lipinski definition) is 4. The summed E-state index contributed by atoms with van der Waals surface area (Å²) in [4.78, 5) is 14.9. The van der Waals surface area contributed by atoms with Crippen molar-refractivity contribution < 1.29 is 4.42 Å². The molecule has 2 aromatic heterocycles. The van der Waals surface area contributed by atoms with E-state index in [-0.39, 0.29) is 0 Å². The predicted molar refractivity (Wildman–Crippen MR) is 207 cm³/mol. The first-order chi connectivity index (χ1) is 24.8. The summed E-state index contributed by atoms with van der Waals surface area (Å²) in [5.41, 5.74) is 4.66. The van der Waals surface area contributed by atoms with Crippen molar-refractivity contribution >= 4 is 50.8 Å². The van der Waals surface area contributed by atoms with E-state index in [2.05, 4.69) is 121 Å². The molecule has 236 valence electrons. The van der Waals surface area contributed by atoms with Crippen LogP contribution in [0.4, 0.5) is 0 Å². The zero-order valence-electron chi connectivity index (χ0n) is 27.1. The van der Waals surface area contributed by atoms with Gasteiger partial charge in [-0.2, -0.15) is 0 Å². The minimum Gasteiger partial charge on any atom is -0.456 e. The second-order valence-corrected chi connectivity index (χ2v) is 16.1. The fourth-order valence-corrected chi connectivity index (χ4v) is 12.0. The normalized spacial score (nSPS) is 11.6. The van der Waals surface area contributed by atoms with Crippen molar-refractivity contribution in [1.82, 2.24) is 15.0 Å². The summed E-state index contributed by atoms with van der Waals surface area (Å²) in [6.07, 6.45) is 0. The summed E-state index contributed by atoms with van der Waals surface area (Å²) >= 11 is 0. The Kier molecular flexibility index (Phi) is 7.45. The van der Waals surface area contributed by atoms with Gasteiger partial charge in [-0.1, -0.05) is 182 Å². The zero-order chi connectivity index (χ0) is 33.3. The van der Waals surface area contributed by atoms with E-state index in [0.29, 0.717) is 17.5 Å². The van der Waals surface area contributed by atoms with Gasteiger partial charge in [0.2, 0.25) is 0 Å². The first-order valence-electron chi connectivity index (χ1n) is 16.8. The highest BCUT2D eigenvalue weighted by Crippen LogP contribution is 2.29. The van der Waals surface area contributed by atoms with Gasteiger partial charge in [0, 0.05) is 27.5 Å². The average molecular weight is 658 g/mol. The Morgan fingerprint density at radius 1 is 0.340 bits per heavy atom. The lowest BCUT2D eigenvalue weighted by molar-refractivity contribution is 0.671. The third-order valence-corrected chi connectivity index (χ3v) is 14.3. The van der Waals surface area contributed by atoms with E-state index < -0.39 is 8.07 Å². The topological polar surface area (TPSA) is 51.8 Å². The van der Waals surface area contributed by atoms with E-state index in [1.165, 1.54) is 20.7 Å². The van der Waals surface area contributed by atoms with Crippen LogP contribution >= 0.6 is 0 Å². The van der Waals surface area contributed by atoms with Crippen molar-refractivity contribution in [2.75, 3.05) is 0 Å². The summed E-state index contributed by atoms with van der Waals surface area (Å²) in [7, 11) is -2.93. The van der Waals surface area contributed by atoms with E-state index in [9.17, 15) is 0 Å². The van der Waals surface area contributed by atoms with Gasteiger partial charge in [-0.3, -0.25) is 0 Å². The molecule has 0 N–H and O–H groups in total. The molecule has 0 aliphatic carbocycles. The highest BCUT2D eigenvalue weighted by atomic mass is 28.3. The third kappa shape index (κ3) is 5.03. The van der Waals surface area contributed by atoms with Crippen molar-refractivity contribution in [2.24, 2.45) is 0 Å². The number of aromatic nitrogens is 3. The largest absolute Gasteiger partial charge is 0.456 e. The first-order valence-corrected chi connectivity index (χ1v) is 18.8. The van der Waals surface area contributed by atoms with Crippen LogP contribution < -0.4 is 20.7 Å². The summed E-state index contributed by atoms with van der Waals surface area (Å²) < 4.78 is 6.77. The van der Waals surface area contributed by atoms with Crippen LogP contribution in [0.25, 0.3) is 56.1 Å². The van der Waals surface area contributed by atoms with E-state index in [1.54, 1.807) is 0 Å². The first kappa shape index (κ1) is 29.7. The molecular weight excluding hydrogens is 627 g/mol. The SMILES string of the molecule is c1ccc(-c2nc(-c3ccccc3)nc(-c3ccc([Si](c4ccccc4)(c4ccccc4)c4cccc5c4oc4ccccc45)cc3)n2)cc1. The molecule has 0 saturated carbocycles. The number of furan rings is 1. The van der Waals surface area contributed by atoms with Crippen LogP contribution in [0.15, 0.2) is 192 Å². The molecule has 0 bridgehead atoms. The molecule has 4 nitrogen and oxygen atoms in total. The molecule has 5 heteroatoms. The molecule has 9 rings (SSSR count). The predicted octanol–water partition coefficient (Wildman–Crippen LogP) is 8.15. The van der Waals surface area contributed by atoms with Crippen LogP contribution in [-0.2, 0) is 0 Å². The number of fused-ring (bicyclic) bond motifs is 3. The Morgan fingerprint density at radius 3 is 1.30 bits per heavy atom. The van der Waals surface area contributed by atoms with E-state index >= 15 is 0 Å². The Labute approximate surface area is 291 Å². The minimum atomic E-state index is -2.93. The van der Waals surface area contributed by atoms with Gasteiger partial charge in [-0.05, 0) is 26.8 Å². The van der Waals surface area contributed by atoms with Gasteiger partial charge in [-0.25, -0.2) is 15.0 Å². The lowest BCUT2D eigenvalue weighted by Gasteiger charge is -2.34. The van der Waals surface area contributed by atoms with Crippen LogP contribution in [-0.4, -0.2) is 23.0 Å². The van der Waals surface area contributed by atoms with Crippen molar-refractivity contribution in [3.63, 3.8) is 0 Å². The summed E-state index contributed by atoms with van der Waals surface area (Å²) in [5, 5.41) is 7.28. The molecule has 0 atom stereocenters. The van der Waals surface area contributed by atoms with Crippen LogP contribution in [0.3, 0.4) is 0 Å². The van der Waals surface area contributed by atoms with Gasteiger partial charge in [0.1, 0.15) is 11.2 Å². The summed E-state index contributed by atoms with van der Waals surface area (Å²) in [5.74, 6) is 1.93. The fraction of sp³-hybridized carbons (Fsp3) is 0. The molecule has 0 amide bonds. The number of benzene rings is 7. The lowest BCUT2D eigenvalue weighted by Crippen LogP contribution is -2.74. The standard InChI is InChI=1S/C45H31N3OSi/c1-5-16-32(17-6-1)43-46-44(33-18-7-2-8-19-33)48-45(47-43)34-28-30-37(31-29-34)50(35-20-9-3-10-21-35,36-22-11-4-12-23-36)41-27-15-25-39-38-24-13-14-26-40(38)49-42(39)41/h1-31H. The molecule has 0 spiro atoms. The highest BCUT2D eigenvalue weighted by Gasteiger charge is 2.43. The van der Waals surface area contributed by atoms with Gasteiger partial charge in [0.15, 0.2) is 25.5 Å². The van der Waals surface area contributed by atoms with Crippen molar-refractivity contribution in [2.45, 2.75) is 0 Å². The van der Waals surface area contributed by atoms with Crippen molar-refractivity contribution in [3.8, 4) is 34.2 Å². The number of rotatable bonds is 7. The van der Waals surface area contributed by atoms with Gasteiger partial charge in [0.05, 0.1) is 0 Å². The molecule has 0 unspecified atom stereocenters. The fourth-order valence-electron chi connectivity index (χ4n) is 7.19. The van der Waals surface area contributed by atoms with Crippen LogP contribution in [0.2, 0.25) is 0 Å². The third-order valence-electron chi connectivity index (χ3n) is 9.50. The smallest absolute Gasteiger partial charge is 0.184 e. The maximum absolute atomic E-state index is 6.77. The molecule has 7 aromatic carbocycles. The number of para-hydroxylation sites is 2. The Balaban J connectivity index is 1.28. The van der Waals surface area contributed by atoms with E-state index in [4.69, 9.17) is 19.4 Å². The van der Waals surface area contributed by atoms with E-state index in [0.717, 1.165) is 38.6 Å². The maximum Gasteiger partial charge on any atom is 0.184 e. The Hall–Kier alpha value is -6.43. The molecule has 9 aromatic rings. The molecule has 50 heavy (non-hydrogen) atoms. The molecule has 0 saturated heterocycles. The summed E-state index contributed by atoms with van der Waals surface area (Å²) in [6, 6.07) is 65.9. The van der Waals surface area contributed by atoms with Gasteiger partial charge < -0.3 is 4.42 Å². The summed E-state index contributed by atoms with van der Waals surface area (Å²) in [6.45, 7) is 0. The van der Waals surface area contributed by atoms with Crippen LogP contribution in [0, 0.1) is 0 Å². The second-order valence-electron chi connectivity index (χ2n) is 12.4. The second kappa shape index (κ2) is 12.5. The van der Waals surface area contributed by atoms with Crippen molar-refractivity contribution in [1.29, 1.82) is 0 Å². The van der Waals surface area contributed by atoms with E-state index in [1.807, 2.05) is 66.7 Å². The van der Waals surface area contributed by atoms with Gasteiger partial charge in [-0.15, -0.1) is 0 Å².